The van der Waals surface area contributed by atoms with E-state index in [4.69, 9.17) is 4.18 Å². The van der Waals surface area contributed by atoms with Gasteiger partial charge in [-0.2, -0.15) is 0 Å². The summed E-state index contributed by atoms with van der Waals surface area (Å²) in [7, 11) is 2.42. The standard InChI is InChI=1S/C6H7OPS/c8-9-7-6-4-2-1-3-5-6/h1-5H,8H2. The molecule has 0 aromatic heterocycles. The van der Waals surface area contributed by atoms with Gasteiger partial charge in [-0.15, -0.1) is 0 Å². The Balaban J connectivity index is 2.61. The Hall–Kier alpha value is -0.200. The van der Waals surface area contributed by atoms with Gasteiger partial charge in [-0.3, -0.25) is 0 Å². The number of hydrogen-bond donors (Lipinski definition) is 0. The lowest BCUT2D eigenvalue weighted by Crippen LogP contribution is -1.72. The van der Waals surface area contributed by atoms with Crippen LogP contribution in [0.5, 0.6) is 5.75 Å². The third kappa shape index (κ3) is 2.25. The van der Waals surface area contributed by atoms with Crippen LogP contribution in [0.2, 0.25) is 0 Å². The summed E-state index contributed by atoms with van der Waals surface area (Å²) in [6.07, 6.45) is 0. The highest BCUT2D eigenvalue weighted by atomic mass is 32.7. The first-order valence-electron chi connectivity index (χ1n) is 2.52. The molecule has 9 heavy (non-hydrogen) atoms. The quantitative estimate of drug-likeness (QED) is 0.483. The van der Waals surface area contributed by atoms with Gasteiger partial charge in [0.05, 0.1) is 11.7 Å². The fourth-order valence-electron chi connectivity index (χ4n) is 0.532. The van der Waals surface area contributed by atoms with Gasteiger partial charge >= 0.3 is 0 Å². The van der Waals surface area contributed by atoms with E-state index in [-0.39, 0.29) is 0 Å². The molecule has 0 saturated heterocycles. The topological polar surface area (TPSA) is 9.23 Å². The minimum Gasteiger partial charge on any atom is -0.422 e. The normalized spacial score (nSPS) is 9.00. The van der Waals surface area contributed by atoms with Gasteiger partial charge in [-0.05, 0) is 20.6 Å². The maximum absolute atomic E-state index is 5.09. The molecule has 1 atom stereocenters. The van der Waals surface area contributed by atoms with Gasteiger partial charge < -0.3 is 4.18 Å². The van der Waals surface area contributed by atoms with E-state index in [1.54, 1.807) is 0 Å². The van der Waals surface area contributed by atoms with E-state index in [1.165, 1.54) is 11.7 Å². The van der Waals surface area contributed by atoms with Crippen molar-refractivity contribution in [3.8, 4) is 5.75 Å². The molecule has 1 unspecified atom stereocenters. The average Bonchev–Trinajstić information content (AvgIpc) is 1.91. The van der Waals surface area contributed by atoms with Crippen molar-refractivity contribution in [1.82, 2.24) is 0 Å². The largest absolute Gasteiger partial charge is 0.422 e. The second-order valence-corrected chi connectivity index (χ2v) is 2.43. The molecule has 0 bridgehead atoms. The minimum atomic E-state index is 0.887. The first-order chi connectivity index (χ1) is 4.43. The van der Waals surface area contributed by atoms with Crippen LogP contribution in [0.25, 0.3) is 0 Å². The van der Waals surface area contributed by atoms with E-state index in [9.17, 15) is 0 Å². The summed E-state index contributed by atoms with van der Waals surface area (Å²) in [6.45, 7) is 0. The highest BCUT2D eigenvalue weighted by Crippen LogP contribution is 2.18. The molecular weight excluding hydrogens is 151 g/mol. The zero-order chi connectivity index (χ0) is 6.53. The van der Waals surface area contributed by atoms with Crippen LogP contribution in [0.1, 0.15) is 0 Å². The first kappa shape index (κ1) is 6.91. The predicted octanol–water partition coefficient (Wildman–Crippen LogP) is 2.50. The molecule has 0 aliphatic rings. The summed E-state index contributed by atoms with van der Waals surface area (Å²) in [5.74, 6) is 0.887. The molecule has 0 aliphatic heterocycles. The lowest BCUT2D eigenvalue weighted by atomic mass is 10.3. The van der Waals surface area contributed by atoms with Gasteiger partial charge in [-0.1, -0.05) is 18.2 Å². The SMILES string of the molecule is PSOc1ccccc1. The van der Waals surface area contributed by atoms with Gasteiger partial charge in [0.25, 0.3) is 0 Å². The number of rotatable bonds is 2. The monoisotopic (exact) mass is 158 g/mol. The lowest BCUT2D eigenvalue weighted by molar-refractivity contribution is 0.656. The first-order valence-corrected chi connectivity index (χ1v) is 4.74. The Bertz CT molecular complexity index is 166. The molecule has 0 radical (unpaired) electrons. The molecule has 0 amide bonds. The molecule has 48 valence electrons. The Morgan fingerprint density at radius 1 is 1.22 bits per heavy atom. The van der Waals surface area contributed by atoms with Crippen molar-refractivity contribution in [2.24, 2.45) is 0 Å². The van der Waals surface area contributed by atoms with Crippen molar-refractivity contribution in [2.45, 2.75) is 0 Å². The third-order valence-corrected chi connectivity index (χ3v) is 1.46. The maximum atomic E-state index is 5.09. The summed E-state index contributed by atoms with van der Waals surface area (Å²) < 4.78 is 5.09. The number of benzene rings is 1. The van der Waals surface area contributed by atoms with Crippen LogP contribution in [0.15, 0.2) is 30.3 Å². The van der Waals surface area contributed by atoms with Crippen molar-refractivity contribution >= 4 is 20.1 Å². The van der Waals surface area contributed by atoms with E-state index < -0.39 is 0 Å². The molecule has 3 heteroatoms. The predicted molar refractivity (Wildman–Crippen MR) is 44.4 cm³/mol. The average molecular weight is 158 g/mol. The summed E-state index contributed by atoms with van der Waals surface area (Å²) in [4.78, 5) is 0. The molecule has 1 rings (SSSR count). The third-order valence-electron chi connectivity index (χ3n) is 0.888. The minimum absolute atomic E-state index is 0.887. The summed E-state index contributed by atoms with van der Waals surface area (Å²) in [6, 6.07) is 9.67. The van der Waals surface area contributed by atoms with Gasteiger partial charge in [0, 0.05) is 0 Å². The Labute approximate surface area is 61.0 Å². The zero-order valence-corrected chi connectivity index (χ0v) is 6.75. The van der Waals surface area contributed by atoms with Crippen LogP contribution >= 0.6 is 20.1 Å². The van der Waals surface area contributed by atoms with Crippen molar-refractivity contribution in [3.63, 3.8) is 0 Å². The van der Waals surface area contributed by atoms with Gasteiger partial charge in [0.2, 0.25) is 0 Å². The zero-order valence-electron chi connectivity index (χ0n) is 4.78. The van der Waals surface area contributed by atoms with Crippen LogP contribution in [-0.4, -0.2) is 0 Å². The van der Waals surface area contributed by atoms with Crippen LogP contribution in [0, 0.1) is 0 Å². The van der Waals surface area contributed by atoms with Crippen LogP contribution in [0.3, 0.4) is 0 Å². The van der Waals surface area contributed by atoms with Crippen LogP contribution < -0.4 is 4.18 Å². The maximum Gasteiger partial charge on any atom is 0.137 e. The van der Waals surface area contributed by atoms with E-state index in [0.717, 1.165) is 5.75 Å². The molecule has 1 aromatic carbocycles. The summed E-state index contributed by atoms with van der Waals surface area (Å²) >= 11 is 1.27. The van der Waals surface area contributed by atoms with Gasteiger partial charge in [0.1, 0.15) is 5.75 Å². The molecule has 1 nitrogen and oxygen atoms in total. The molecule has 0 fully saturated rings. The van der Waals surface area contributed by atoms with E-state index in [2.05, 4.69) is 8.44 Å². The van der Waals surface area contributed by atoms with Crippen LogP contribution in [-0.2, 0) is 0 Å². The fraction of sp³-hybridized carbons (Fsp3) is 0. The number of para-hydroxylation sites is 1. The number of hydrogen-bond acceptors (Lipinski definition) is 2. The lowest BCUT2D eigenvalue weighted by Gasteiger charge is -1.96. The van der Waals surface area contributed by atoms with Crippen LogP contribution in [0.4, 0.5) is 0 Å². The van der Waals surface area contributed by atoms with Crippen molar-refractivity contribution < 1.29 is 4.18 Å². The highest BCUT2D eigenvalue weighted by molar-refractivity contribution is 8.41. The van der Waals surface area contributed by atoms with Crippen molar-refractivity contribution in [3.05, 3.63) is 30.3 Å². The Kier molecular flexibility index (Phi) is 2.88. The van der Waals surface area contributed by atoms with Gasteiger partial charge in [0.15, 0.2) is 0 Å². The smallest absolute Gasteiger partial charge is 0.137 e. The molecule has 0 N–H and O–H groups in total. The second-order valence-electron chi connectivity index (χ2n) is 1.49. The van der Waals surface area contributed by atoms with Crippen molar-refractivity contribution in [2.75, 3.05) is 0 Å². The molecule has 0 spiro atoms. The van der Waals surface area contributed by atoms with E-state index in [0.29, 0.717) is 0 Å². The molecule has 0 heterocycles. The molecule has 0 aliphatic carbocycles. The molecule has 0 saturated carbocycles. The van der Waals surface area contributed by atoms with E-state index >= 15 is 0 Å². The Morgan fingerprint density at radius 3 is 2.44 bits per heavy atom. The highest BCUT2D eigenvalue weighted by Gasteiger charge is 1.85. The summed E-state index contributed by atoms with van der Waals surface area (Å²) in [5, 5.41) is 0. The molecule has 1 aromatic rings. The second kappa shape index (κ2) is 3.76. The van der Waals surface area contributed by atoms with E-state index in [1.807, 2.05) is 30.3 Å². The Morgan fingerprint density at radius 2 is 1.89 bits per heavy atom. The summed E-state index contributed by atoms with van der Waals surface area (Å²) in [5.41, 5.74) is 0. The fourth-order valence-corrected chi connectivity index (χ4v) is 1.09. The molecular formula is C6H7OPS. The van der Waals surface area contributed by atoms with Gasteiger partial charge in [-0.25, -0.2) is 0 Å². The van der Waals surface area contributed by atoms with Crippen molar-refractivity contribution in [1.29, 1.82) is 0 Å².